The molecule has 0 atom stereocenters. The van der Waals surface area contributed by atoms with E-state index in [1.807, 2.05) is 25.1 Å². The molecule has 0 saturated carbocycles. The first-order chi connectivity index (χ1) is 14.4. The smallest absolute Gasteiger partial charge is 0.340 e. The Bertz CT molecular complexity index is 865. The van der Waals surface area contributed by atoms with E-state index in [-0.39, 0.29) is 12.5 Å². The second kappa shape index (κ2) is 11.6. The largest absolute Gasteiger partial charge is 0.452 e. The van der Waals surface area contributed by atoms with Crippen molar-refractivity contribution < 1.29 is 19.1 Å². The van der Waals surface area contributed by atoms with Crippen LogP contribution in [0.15, 0.2) is 48.5 Å². The number of unbranched alkanes of at least 4 members (excludes halogenated alkanes) is 1. The van der Waals surface area contributed by atoms with E-state index in [1.165, 1.54) is 11.9 Å². The van der Waals surface area contributed by atoms with Gasteiger partial charge in [-0.2, -0.15) is 0 Å². The summed E-state index contributed by atoms with van der Waals surface area (Å²) in [7, 11) is 1.49. The van der Waals surface area contributed by atoms with Gasteiger partial charge in [0.15, 0.2) is 6.61 Å². The van der Waals surface area contributed by atoms with Crippen molar-refractivity contribution in [1.82, 2.24) is 4.90 Å². The molecule has 0 heterocycles. The number of benzene rings is 2. The number of amides is 2. The van der Waals surface area contributed by atoms with Crippen molar-refractivity contribution in [2.45, 2.75) is 26.7 Å². The number of para-hydroxylation sites is 1. The zero-order valence-corrected chi connectivity index (χ0v) is 17.7. The van der Waals surface area contributed by atoms with Crippen molar-refractivity contribution in [3.8, 4) is 0 Å². The summed E-state index contributed by atoms with van der Waals surface area (Å²) in [5.41, 5.74) is 2.80. The van der Waals surface area contributed by atoms with E-state index in [0.29, 0.717) is 16.9 Å². The van der Waals surface area contributed by atoms with Gasteiger partial charge in [-0.3, -0.25) is 9.59 Å². The molecule has 2 amide bonds. The van der Waals surface area contributed by atoms with Gasteiger partial charge in [0.1, 0.15) is 0 Å². The average molecular weight is 412 g/mol. The van der Waals surface area contributed by atoms with E-state index in [9.17, 15) is 14.4 Å². The number of carbonyl (C=O) groups is 3. The highest BCUT2D eigenvalue weighted by Gasteiger charge is 2.17. The molecule has 0 aromatic heterocycles. The predicted octanol–water partition coefficient (Wildman–Crippen LogP) is 3.46. The van der Waals surface area contributed by atoms with Crippen LogP contribution in [0.25, 0.3) is 0 Å². The molecule has 0 bridgehead atoms. The van der Waals surface area contributed by atoms with Gasteiger partial charge in [-0.05, 0) is 37.6 Å². The Morgan fingerprint density at radius 3 is 2.43 bits per heavy atom. The van der Waals surface area contributed by atoms with E-state index in [0.717, 1.165) is 24.9 Å². The third-order valence-corrected chi connectivity index (χ3v) is 4.46. The third kappa shape index (κ3) is 7.24. The van der Waals surface area contributed by atoms with Crippen LogP contribution in [0.3, 0.4) is 0 Å². The number of carbonyl (C=O) groups excluding carboxylic acids is 3. The van der Waals surface area contributed by atoms with Gasteiger partial charge < -0.3 is 20.3 Å². The van der Waals surface area contributed by atoms with Crippen LogP contribution in [0.1, 0.15) is 35.7 Å². The second-order valence-corrected chi connectivity index (χ2v) is 7.07. The van der Waals surface area contributed by atoms with Crippen molar-refractivity contribution in [1.29, 1.82) is 0 Å². The number of rotatable bonds is 10. The molecule has 160 valence electrons. The first kappa shape index (κ1) is 22.9. The summed E-state index contributed by atoms with van der Waals surface area (Å²) < 4.78 is 5.17. The predicted molar refractivity (Wildman–Crippen MR) is 118 cm³/mol. The molecule has 0 radical (unpaired) electrons. The third-order valence-electron chi connectivity index (χ3n) is 4.46. The Balaban J connectivity index is 1.83. The van der Waals surface area contributed by atoms with Gasteiger partial charge in [-0.25, -0.2) is 4.79 Å². The number of hydrogen-bond donors (Lipinski definition) is 2. The van der Waals surface area contributed by atoms with Crippen LogP contribution in [0.5, 0.6) is 0 Å². The molecule has 0 aliphatic heterocycles. The molecule has 2 rings (SSSR count). The molecule has 0 saturated heterocycles. The number of ether oxygens (including phenoxy) is 1. The quantitative estimate of drug-likeness (QED) is 0.462. The van der Waals surface area contributed by atoms with Gasteiger partial charge in [0.05, 0.1) is 12.1 Å². The lowest BCUT2D eigenvalue weighted by Gasteiger charge is -2.17. The molecular formula is C23H29N3O4. The number of nitrogens with one attached hydrogen (secondary N) is 2. The summed E-state index contributed by atoms with van der Waals surface area (Å²) >= 11 is 0. The first-order valence-electron chi connectivity index (χ1n) is 10.0. The lowest BCUT2D eigenvalue weighted by Crippen LogP contribution is -2.37. The highest BCUT2D eigenvalue weighted by molar-refractivity contribution is 5.97. The lowest BCUT2D eigenvalue weighted by atomic mass is 10.1. The monoisotopic (exact) mass is 411 g/mol. The zero-order valence-electron chi connectivity index (χ0n) is 17.7. The summed E-state index contributed by atoms with van der Waals surface area (Å²) in [5, 5.41) is 5.94. The molecule has 0 fully saturated rings. The SMILES string of the molecule is CCCCNc1ccccc1C(=O)OCC(=O)N(C)CC(=O)Nc1ccc(C)cc1. The molecule has 0 aliphatic carbocycles. The van der Waals surface area contributed by atoms with E-state index < -0.39 is 18.5 Å². The number of anilines is 2. The number of aryl methyl sites for hydroxylation is 1. The molecule has 0 aliphatic rings. The fraction of sp³-hybridized carbons (Fsp3) is 0.348. The van der Waals surface area contributed by atoms with Gasteiger partial charge in [-0.1, -0.05) is 43.2 Å². The van der Waals surface area contributed by atoms with Crippen LogP contribution in [-0.2, 0) is 14.3 Å². The van der Waals surface area contributed by atoms with Gasteiger partial charge in [-0.15, -0.1) is 0 Å². The Kier molecular flexibility index (Phi) is 8.87. The average Bonchev–Trinajstić information content (AvgIpc) is 2.73. The summed E-state index contributed by atoms with van der Waals surface area (Å²) in [5.74, 6) is -1.37. The maximum Gasteiger partial charge on any atom is 0.340 e. The number of likely N-dealkylation sites (N-methyl/N-ethyl adjacent to an activating group) is 1. The van der Waals surface area contributed by atoms with E-state index in [4.69, 9.17) is 4.74 Å². The standard InChI is InChI=1S/C23H29N3O4/c1-4-5-14-24-20-9-7-6-8-19(20)23(29)30-16-22(28)26(3)15-21(27)25-18-12-10-17(2)11-13-18/h6-13,24H,4-5,14-16H2,1-3H3,(H,25,27). The minimum absolute atomic E-state index is 0.139. The van der Waals surface area contributed by atoms with Crippen LogP contribution in [-0.4, -0.2) is 49.4 Å². The zero-order chi connectivity index (χ0) is 21.9. The molecule has 30 heavy (non-hydrogen) atoms. The number of hydrogen-bond acceptors (Lipinski definition) is 5. The van der Waals surface area contributed by atoms with E-state index >= 15 is 0 Å². The molecule has 0 spiro atoms. The molecule has 2 N–H and O–H groups in total. The van der Waals surface area contributed by atoms with Crippen molar-refractivity contribution in [2.75, 3.05) is 37.4 Å². The summed E-state index contributed by atoms with van der Waals surface area (Å²) in [6, 6.07) is 14.4. The van der Waals surface area contributed by atoms with Crippen molar-refractivity contribution in [3.63, 3.8) is 0 Å². The molecule has 0 unspecified atom stereocenters. The molecule has 2 aromatic rings. The molecule has 7 nitrogen and oxygen atoms in total. The molecular weight excluding hydrogens is 382 g/mol. The van der Waals surface area contributed by atoms with Crippen LogP contribution in [0.4, 0.5) is 11.4 Å². The second-order valence-electron chi connectivity index (χ2n) is 7.07. The Morgan fingerprint density at radius 2 is 1.73 bits per heavy atom. The fourth-order valence-corrected chi connectivity index (χ4v) is 2.67. The minimum atomic E-state index is -0.583. The maximum absolute atomic E-state index is 12.4. The number of nitrogens with zero attached hydrogens (tertiary/aromatic N) is 1. The first-order valence-corrected chi connectivity index (χ1v) is 10.0. The topological polar surface area (TPSA) is 87.7 Å². The summed E-state index contributed by atoms with van der Waals surface area (Å²) in [4.78, 5) is 38.0. The molecule has 2 aromatic carbocycles. The minimum Gasteiger partial charge on any atom is -0.452 e. The highest BCUT2D eigenvalue weighted by atomic mass is 16.5. The number of esters is 1. The van der Waals surface area contributed by atoms with Crippen LogP contribution < -0.4 is 10.6 Å². The highest BCUT2D eigenvalue weighted by Crippen LogP contribution is 2.16. The van der Waals surface area contributed by atoms with Crippen LogP contribution in [0, 0.1) is 6.92 Å². The van der Waals surface area contributed by atoms with Gasteiger partial charge >= 0.3 is 5.97 Å². The normalized spacial score (nSPS) is 10.2. The summed E-state index contributed by atoms with van der Waals surface area (Å²) in [6.07, 6.45) is 2.02. The summed E-state index contributed by atoms with van der Waals surface area (Å²) in [6.45, 7) is 4.22. The van der Waals surface area contributed by atoms with Crippen LogP contribution in [0.2, 0.25) is 0 Å². The van der Waals surface area contributed by atoms with Gasteiger partial charge in [0.2, 0.25) is 5.91 Å². The maximum atomic E-state index is 12.4. The van der Waals surface area contributed by atoms with Gasteiger partial charge in [0, 0.05) is 25.0 Å². The lowest BCUT2D eigenvalue weighted by molar-refractivity contribution is -0.136. The van der Waals surface area contributed by atoms with Crippen LogP contribution >= 0.6 is 0 Å². The Morgan fingerprint density at radius 1 is 1.03 bits per heavy atom. The van der Waals surface area contributed by atoms with Gasteiger partial charge in [0.25, 0.3) is 5.91 Å². The Hall–Kier alpha value is -3.35. The van der Waals surface area contributed by atoms with E-state index in [1.54, 1.807) is 30.3 Å². The van der Waals surface area contributed by atoms with Crippen molar-refractivity contribution >= 4 is 29.2 Å². The Labute approximate surface area is 177 Å². The molecule has 7 heteroatoms. The van der Waals surface area contributed by atoms with E-state index in [2.05, 4.69) is 17.6 Å². The van der Waals surface area contributed by atoms with Crippen molar-refractivity contribution in [3.05, 3.63) is 59.7 Å². The van der Waals surface area contributed by atoms with Crippen molar-refractivity contribution in [2.24, 2.45) is 0 Å². The fourth-order valence-electron chi connectivity index (χ4n) is 2.67.